The zero-order chi connectivity index (χ0) is 16.1. The smallest absolute Gasteiger partial charge is 0.223 e. The molecule has 0 spiro atoms. The number of benzene rings is 1. The Balaban J connectivity index is 1.85. The molecule has 1 fully saturated rings. The molecule has 0 radical (unpaired) electrons. The summed E-state index contributed by atoms with van der Waals surface area (Å²) in [6.45, 7) is 9.64. The molecule has 0 aromatic heterocycles. The Bertz CT molecular complexity index is 477. The van der Waals surface area contributed by atoms with Crippen LogP contribution >= 0.6 is 0 Å². The van der Waals surface area contributed by atoms with Gasteiger partial charge in [-0.05, 0) is 49.5 Å². The van der Waals surface area contributed by atoms with Crippen LogP contribution in [0.4, 0.5) is 0 Å². The van der Waals surface area contributed by atoms with Crippen molar-refractivity contribution >= 4 is 5.91 Å². The Morgan fingerprint density at radius 2 is 1.91 bits per heavy atom. The fraction of sp³-hybridized carbons (Fsp3) is 0.650. The van der Waals surface area contributed by atoms with Crippen LogP contribution < -0.4 is 5.32 Å². The van der Waals surface area contributed by atoms with Crippen LogP contribution in [0.3, 0.4) is 0 Å². The van der Waals surface area contributed by atoms with E-state index >= 15 is 0 Å². The summed E-state index contributed by atoms with van der Waals surface area (Å²) in [6, 6.07) is 8.58. The van der Waals surface area contributed by atoms with Crippen LogP contribution in [0, 0.1) is 30.6 Å². The lowest BCUT2D eigenvalue weighted by Gasteiger charge is -2.36. The monoisotopic (exact) mass is 301 g/mol. The minimum absolute atomic E-state index is 0.210. The van der Waals surface area contributed by atoms with E-state index in [9.17, 15) is 4.79 Å². The van der Waals surface area contributed by atoms with Gasteiger partial charge in [-0.2, -0.15) is 0 Å². The first kappa shape index (κ1) is 17.1. The maximum absolute atomic E-state index is 12.6. The zero-order valence-corrected chi connectivity index (χ0v) is 14.6. The van der Waals surface area contributed by atoms with Gasteiger partial charge in [-0.25, -0.2) is 0 Å². The molecule has 0 unspecified atom stereocenters. The quantitative estimate of drug-likeness (QED) is 0.860. The number of carbonyl (C=O) groups is 1. The largest absolute Gasteiger partial charge is 0.356 e. The summed E-state index contributed by atoms with van der Waals surface area (Å²) in [6.07, 6.45) is 4.45. The molecule has 0 aliphatic heterocycles. The number of amides is 1. The Labute approximate surface area is 135 Å². The maximum Gasteiger partial charge on any atom is 0.223 e. The molecule has 2 heteroatoms. The van der Waals surface area contributed by atoms with Crippen LogP contribution in [-0.4, -0.2) is 12.5 Å². The lowest BCUT2D eigenvalue weighted by molar-refractivity contribution is -0.129. The summed E-state index contributed by atoms with van der Waals surface area (Å²) >= 11 is 0. The molecule has 1 aliphatic rings. The number of aryl methyl sites for hydroxylation is 1. The number of nitrogens with one attached hydrogen (secondary N) is 1. The molecule has 1 N–H and O–H groups in total. The molecule has 0 saturated heterocycles. The highest BCUT2D eigenvalue weighted by Gasteiger charge is 2.35. The van der Waals surface area contributed by atoms with Gasteiger partial charge in [0.05, 0.1) is 0 Å². The molecule has 0 bridgehead atoms. The predicted octanol–water partition coefficient (Wildman–Crippen LogP) is 4.36. The van der Waals surface area contributed by atoms with Crippen LogP contribution in [0.15, 0.2) is 24.3 Å². The third kappa shape index (κ3) is 4.59. The zero-order valence-electron chi connectivity index (χ0n) is 14.6. The van der Waals surface area contributed by atoms with E-state index in [1.807, 2.05) is 0 Å². The van der Waals surface area contributed by atoms with Crippen molar-refractivity contribution in [2.24, 2.45) is 23.7 Å². The Morgan fingerprint density at radius 3 is 2.55 bits per heavy atom. The van der Waals surface area contributed by atoms with Crippen LogP contribution in [0.1, 0.15) is 51.2 Å². The second-order valence-electron chi connectivity index (χ2n) is 7.46. The average Bonchev–Trinajstić information content (AvgIpc) is 2.48. The number of carbonyl (C=O) groups excluding carboxylic acids is 1. The lowest BCUT2D eigenvalue weighted by atomic mass is 9.70. The molecule has 3 atom stereocenters. The van der Waals surface area contributed by atoms with Gasteiger partial charge in [0.2, 0.25) is 5.91 Å². The summed E-state index contributed by atoms with van der Waals surface area (Å²) in [5.74, 6) is 2.32. The van der Waals surface area contributed by atoms with Gasteiger partial charge >= 0.3 is 0 Å². The normalized spacial score (nSPS) is 25.2. The van der Waals surface area contributed by atoms with Gasteiger partial charge in [-0.3, -0.25) is 4.79 Å². The molecular formula is C20H31NO. The average molecular weight is 301 g/mol. The molecule has 2 nitrogen and oxygen atoms in total. The van der Waals surface area contributed by atoms with Crippen molar-refractivity contribution in [3.8, 4) is 0 Å². The maximum atomic E-state index is 12.6. The molecule has 1 aromatic carbocycles. The number of hydrogen-bond acceptors (Lipinski definition) is 1. The summed E-state index contributed by atoms with van der Waals surface area (Å²) in [7, 11) is 0. The van der Waals surface area contributed by atoms with Crippen LogP contribution in [0.25, 0.3) is 0 Å². The highest BCUT2D eigenvalue weighted by Crippen LogP contribution is 2.38. The summed E-state index contributed by atoms with van der Waals surface area (Å²) in [4.78, 5) is 12.6. The van der Waals surface area contributed by atoms with Gasteiger partial charge in [0.25, 0.3) is 0 Å². The van der Waals surface area contributed by atoms with E-state index in [4.69, 9.17) is 0 Å². The lowest BCUT2D eigenvalue weighted by Crippen LogP contribution is -2.40. The van der Waals surface area contributed by atoms with Gasteiger partial charge in [-0.15, -0.1) is 0 Å². The molecule has 122 valence electrons. The van der Waals surface area contributed by atoms with Crippen molar-refractivity contribution in [1.82, 2.24) is 5.32 Å². The van der Waals surface area contributed by atoms with E-state index in [1.54, 1.807) is 0 Å². The van der Waals surface area contributed by atoms with Crippen molar-refractivity contribution in [2.45, 2.75) is 53.4 Å². The van der Waals surface area contributed by atoms with Crippen LogP contribution in [-0.2, 0) is 11.2 Å². The molecule has 0 heterocycles. The van der Waals surface area contributed by atoms with E-state index in [0.717, 1.165) is 19.4 Å². The first-order valence-corrected chi connectivity index (χ1v) is 8.80. The van der Waals surface area contributed by atoms with E-state index in [0.29, 0.717) is 17.8 Å². The minimum Gasteiger partial charge on any atom is -0.356 e. The molecule has 2 rings (SSSR count). The molecule has 22 heavy (non-hydrogen) atoms. The van der Waals surface area contributed by atoms with Gasteiger partial charge in [0, 0.05) is 12.5 Å². The first-order chi connectivity index (χ1) is 10.5. The highest BCUT2D eigenvalue weighted by molar-refractivity contribution is 5.79. The van der Waals surface area contributed by atoms with Crippen molar-refractivity contribution in [3.63, 3.8) is 0 Å². The molecule has 1 aromatic rings. The predicted molar refractivity (Wildman–Crippen MR) is 92.7 cm³/mol. The third-order valence-corrected chi connectivity index (χ3v) is 5.19. The number of hydrogen-bond donors (Lipinski definition) is 1. The van der Waals surface area contributed by atoms with E-state index in [1.165, 1.54) is 24.0 Å². The number of rotatable bonds is 5. The van der Waals surface area contributed by atoms with Gasteiger partial charge < -0.3 is 5.32 Å². The second-order valence-corrected chi connectivity index (χ2v) is 7.46. The topological polar surface area (TPSA) is 29.1 Å². The molecule has 1 amide bonds. The molecular weight excluding hydrogens is 270 g/mol. The van der Waals surface area contributed by atoms with E-state index in [-0.39, 0.29) is 11.8 Å². The van der Waals surface area contributed by atoms with Crippen molar-refractivity contribution < 1.29 is 4.79 Å². The van der Waals surface area contributed by atoms with Crippen molar-refractivity contribution in [1.29, 1.82) is 0 Å². The van der Waals surface area contributed by atoms with Crippen molar-refractivity contribution in [2.75, 3.05) is 6.54 Å². The SMILES string of the molecule is Cc1ccc(CCNC(=O)[C@@H]2C[C@H](C)CC[C@H]2C(C)C)cc1. The molecule has 1 saturated carbocycles. The van der Waals surface area contributed by atoms with Crippen molar-refractivity contribution in [3.05, 3.63) is 35.4 Å². The summed E-state index contributed by atoms with van der Waals surface area (Å²) < 4.78 is 0. The molecule has 1 aliphatic carbocycles. The second kappa shape index (κ2) is 7.80. The first-order valence-electron chi connectivity index (χ1n) is 8.80. The summed E-state index contributed by atoms with van der Waals surface area (Å²) in [5, 5.41) is 3.18. The van der Waals surface area contributed by atoms with E-state index in [2.05, 4.69) is 57.3 Å². The van der Waals surface area contributed by atoms with Gasteiger partial charge in [0.1, 0.15) is 0 Å². The Morgan fingerprint density at radius 1 is 1.23 bits per heavy atom. The van der Waals surface area contributed by atoms with Gasteiger partial charge in [0.15, 0.2) is 0 Å². The fourth-order valence-corrected chi connectivity index (χ4v) is 3.72. The Hall–Kier alpha value is -1.31. The van der Waals surface area contributed by atoms with E-state index < -0.39 is 0 Å². The minimum atomic E-state index is 0.210. The standard InChI is InChI=1S/C20H31NO/c1-14(2)18-10-7-16(4)13-19(18)20(22)21-12-11-17-8-5-15(3)6-9-17/h5-6,8-9,14,16,18-19H,7,10-13H2,1-4H3,(H,21,22)/t16-,18+,19-/m1/s1. The fourth-order valence-electron chi connectivity index (χ4n) is 3.72. The van der Waals surface area contributed by atoms with Gasteiger partial charge in [-0.1, -0.05) is 57.0 Å². The summed E-state index contributed by atoms with van der Waals surface area (Å²) in [5.41, 5.74) is 2.58. The van der Waals surface area contributed by atoms with Crippen LogP contribution in [0.5, 0.6) is 0 Å². The third-order valence-electron chi connectivity index (χ3n) is 5.19. The van der Waals surface area contributed by atoms with Crippen LogP contribution in [0.2, 0.25) is 0 Å². The highest BCUT2D eigenvalue weighted by atomic mass is 16.1. The Kier molecular flexibility index (Phi) is 6.05.